The molecular weight excluding hydrogens is 216 g/mol. The second kappa shape index (κ2) is 4.81. The van der Waals surface area contributed by atoms with Gasteiger partial charge in [0.25, 0.3) is 0 Å². The van der Waals surface area contributed by atoms with Gasteiger partial charge in [0.1, 0.15) is 0 Å². The van der Waals surface area contributed by atoms with Crippen LogP contribution >= 0.6 is 0 Å². The Kier molecular flexibility index (Phi) is 3.38. The second-order valence-corrected chi connectivity index (χ2v) is 4.91. The highest BCUT2D eigenvalue weighted by molar-refractivity contribution is 6.02. The van der Waals surface area contributed by atoms with Crippen molar-refractivity contribution in [3.63, 3.8) is 0 Å². The lowest BCUT2D eigenvalue weighted by atomic mass is 9.90. The first-order valence-corrected chi connectivity index (χ1v) is 6.42. The minimum atomic E-state index is 1.05. The fourth-order valence-corrected chi connectivity index (χ4v) is 2.49. The molecule has 0 aliphatic rings. The highest BCUT2D eigenvalue weighted by atomic mass is 14.1. The van der Waals surface area contributed by atoms with Gasteiger partial charge < -0.3 is 0 Å². The largest absolute Gasteiger partial charge is 0.0955 e. The molecule has 18 heavy (non-hydrogen) atoms. The predicted octanol–water partition coefficient (Wildman–Crippen LogP) is 5.47. The molecule has 2 aromatic carbocycles. The van der Waals surface area contributed by atoms with E-state index in [4.69, 9.17) is 0 Å². The van der Waals surface area contributed by atoms with Gasteiger partial charge in [-0.25, -0.2) is 0 Å². The van der Waals surface area contributed by atoms with E-state index in [1.165, 1.54) is 27.5 Å². The van der Waals surface area contributed by atoms with Gasteiger partial charge in [0.2, 0.25) is 0 Å². The van der Waals surface area contributed by atoms with Gasteiger partial charge in [-0.2, -0.15) is 0 Å². The molecule has 2 aromatic rings. The predicted molar refractivity (Wildman–Crippen MR) is 82.7 cm³/mol. The van der Waals surface area contributed by atoms with Gasteiger partial charge in [-0.3, -0.25) is 0 Å². The van der Waals surface area contributed by atoms with Gasteiger partial charge in [-0.1, -0.05) is 61.6 Å². The molecule has 0 N–H and O–H groups in total. The molecule has 0 radical (unpaired) electrons. The van der Waals surface area contributed by atoms with Crippen molar-refractivity contribution in [3.05, 3.63) is 60.2 Å². The van der Waals surface area contributed by atoms with Crippen LogP contribution in [-0.2, 0) is 6.42 Å². The molecule has 0 atom stereocenters. The highest BCUT2D eigenvalue weighted by Crippen LogP contribution is 2.33. The van der Waals surface area contributed by atoms with Crippen molar-refractivity contribution in [2.75, 3.05) is 0 Å². The molecule has 0 saturated heterocycles. The standard InChI is InChI=1S/C18H20/c1-6-14-10-11-16(13(4)5)18-15(12(2)3)8-7-9-17(14)18/h7-11H,2,4,6H2,1,3,5H3. The summed E-state index contributed by atoms with van der Waals surface area (Å²) in [5.74, 6) is 0. The molecule has 0 fully saturated rings. The fourth-order valence-electron chi connectivity index (χ4n) is 2.49. The molecule has 0 aliphatic heterocycles. The lowest BCUT2D eigenvalue weighted by molar-refractivity contribution is 1.16. The minimum absolute atomic E-state index is 1.05. The van der Waals surface area contributed by atoms with E-state index < -0.39 is 0 Å². The average Bonchev–Trinajstić information content (AvgIpc) is 2.36. The number of hydrogen-bond donors (Lipinski definition) is 0. The Hall–Kier alpha value is -1.82. The van der Waals surface area contributed by atoms with Crippen molar-refractivity contribution in [1.29, 1.82) is 0 Å². The molecule has 92 valence electrons. The van der Waals surface area contributed by atoms with Crippen LogP contribution in [0.25, 0.3) is 21.9 Å². The summed E-state index contributed by atoms with van der Waals surface area (Å²) >= 11 is 0. The molecule has 0 amide bonds. The van der Waals surface area contributed by atoms with Crippen LogP contribution in [0.3, 0.4) is 0 Å². The maximum Gasteiger partial charge on any atom is -0.00312 e. The van der Waals surface area contributed by atoms with Crippen molar-refractivity contribution in [1.82, 2.24) is 0 Å². The van der Waals surface area contributed by atoms with Crippen LogP contribution in [0.1, 0.15) is 37.5 Å². The van der Waals surface area contributed by atoms with Gasteiger partial charge in [0.05, 0.1) is 0 Å². The Morgan fingerprint density at radius 1 is 0.944 bits per heavy atom. The van der Waals surface area contributed by atoms with Gasteiger partial charge >= 0.3 is 0 Å². The van der Waals surface area contributed by atoms with Crippen LogP contribution in [0, 0.1) is 0 Å². The topological polar surface area (TPSA) is 0 Å². The summed E-state index contributed by atoms with van der Waals surface area (Å²) in [5, 5.41) is 2.63. The first kappa shape index (κ1) is 12.6. The number of fused-ring (bicyclic) bond motifs is 1. The van der Waals surface area contributed by atoms with Gasteiger partial charge in [0.15, 0.2) is 0 Å². The molecule has 2 rings (SSSR count). The molecule has 0 nitrogen and oxygen atoms in total. The van der Waals surface area contributed by atoms with Crippen molar-refractivity contribution < 1.29 is 0 Å². The molecule has 0 heterocycles. The number of allylic oxidation sites excluding steroid dienone is 2. The zero-order valence-electron chi connectivity index (χ0n) is 11.5. The van der Waals surface area contributed by atoms with Crippen LogP contribution in [0.5, 0.6) is 0 Å². The van der Waals surface area contributed by atoms with E-state index >= 15 is 0 Å². The third-order valence-corrected chi connectivity index (χ3v) is 3.43. The number of rotatable bonds is 3. The number of hydrogen-bond acceptors (Lipinski definition) is 0. The SMILES string of the molecule is C=C(C)c1cccc2c(CC)ccc(C(=C)C)c12. The van der Waals surface area contributed by atoms with Crippen molar-refractivity contribution in [2.24, 2.45) is 0 Å². The normalized spacial score (nSPS) is 10.6. The zero-order chi connectivity index (χ0) is 13.3. The molecule has 0 aromatic heterocycles. The molecule has 0 unspecified atom stereocenters. The summed E-state index contributed by atoms with van der Waals surface area (Å²) in [6, 6.07) is 10.9. The second-order valence-electron chi connectivity index (χ2n) is 4.91. The Morgan fingerprint density at radius 2 is 1.56 bits per heavy atom. The highest BCUT2D eigenvalue weighted by Gasteiger charge is 2.10. The number of benzene rings is 2. The van der Waals surface area contributed by atoms with Crippen LogP contribution in [0.4, 0.5) is 0 Å². The Labute approximate surface area is 110 Å². The van der Waals surface area contributed by atoms with E-state index in [0.717, 1.165) is 17.6 Å². The van der Waals surface area contributed by atoms with Crippen LogP contribution < -0.4 is 0 Å². The van der Waals surface area contributed by atoms with E-state index in [-0.39, 0.29) is 0 Å². The van der Waals surface area contributed by atoms with Crippen LogP contribution in [0.15, 0.2) is 43.5 Å². The smallest absolute Gasteiger partial charge is 0.00312 e. The Balaban J connectivity index is 2.96. The van der Waals surface area contributed by atoms with Crippen molar-refractivity contribution >= 4 is 21.9 Å². The van der Waals surface area contributed by atoms with E-state index in [2.05, 4.69) is 64.3 Å². The lowest BCUT2D eigenvalue weighted by Crippen LogP contribution is -1.92. The lowest BCUT2D eigenvalue weighted by Gasteiger charge is -2.14. The summed E-state index contributed by atoms with van der Waals surface area (Å²) < 4.78 is 0. The van der Waals surface area contributed by atoms with Crippen molar-refractivity contribution in [3.8, 4) is 0 Å². The van der Waals surface area contributed by atoms with E-state index in [9.17, 15) is 0 Å². The monoisotopic (exact) mass is 236 g/mol. The third-order valence-electron chi connectivity index (χ3n) is 3.43. The average molecular weight is 236 g/mol. The molecule has 0 heteroatoms. The first-order valence-electron chi connectivity index (χ1n) is 6.42. The molecular formula is C18H20. The maximum atomic E-state index is 4.10. The van der Waals surface area contributed by atoms with E-state index in [1.54, 1.807) is 0 Å². The zero-order valence-corrected chi connectivity index (χ0v) is 11.5. The fraction of sp³-hybridized carbons (Fsp3) is 0.222. The summed E-state index contributed by atoms with van der Waals surface area (Å²) in [6.07, 6.45) is 1.05. The maximum absolute atomic E-state index is 4.10. The van der Waals surface area contributed by atoms with Crippen molar-refractivity contribution in [2.45, 2.75) is 27.2 Å². The Bertz CT molecular complexity index is 610. The summed E-state index contributed by atoms with van der Waals surface area (Å²) in [6.45, 7) is 14.5. The third kappa shape index (κ3) is 1.99. The van der Waals surface area contributed by atoms with Gasteiger partial charge in [-0.15, -0.1) is 0 Å². The summed E-state index contributed by atoms with van der Waals surface area (Å²) in [4.78, 5) is 0. The molecule has 0 aliphatic carbocycles. The quantitative estimate of drug-likeness (QED) is 0.663. The first-order chi connectivity index (χ1) is 8.56. The van der Waals surface area contributed by atoms with E-state index in [1.807, 2.05) is 0 Å². The molecule has 0 saturated carbocycles. The molecule has 0 bridgehead atoms. The van der Waals surface area contributed by atoms with E-state index in [0.29, 0.717) is 0 Å². The Morgan fingerprint density at radius 3 is 2.11 bits per heavy atom. The van der Waals surface area contributed by atoms with Crippen LogP contribution in [0.2, 0.25) is 0 Å². The van der Waals surface area contributed by atoms with Gasteiger partial charge in [0, 0.05) is 0 Å². The summed E-state index contributed by atoms with van der Waals surface area (Å²) in [7, 11) is 0. The van der Waals surface area contributed by atoms with Gasteiger partial charge in [-0.05, 0) is 47.7 Å². The summed E-state index contributed by atoms with van der Waals surface area (Å²) in [5.41, 5.74) is 6.08. The molecule has 0 spiro atoms. The minimum Gasteiger partial charge on any atom is -0.0955 e. The van der Waals surface area contributed by atoms with Crippen LogP contribution in [-0.4, -0.2) is 0 Å². The number of aryl methyl sites for hydroxylation is 1.